The van der Waals surface area contributed by atoms with E-state index < -0.39 is 0 Å². The number of halogens is 1. The van der Waals surface area contributed by atoms with Crippen LogP contribution in [0.1, 0.15) is 24.8 Å². The first-order valence-electron chi connectivity index (χ1n) is 6.10. The Morgan fingerprint density at radius 2 is 2.35 bits per heavy atom. The lowest BCUT2D eigenvalue weighted by molar-refractivity contribution is -0.136. The molecule has 1 aromatic heterocycles. The van der Waals surface area contributed by atoms with Gasteiger partial charge < -0.3 is 15.0 Å². The van der Waals surface area contributed by atoms with Crippen LogP contribution in [0.4, 0.5) is 0 Å². The highest BCUT2D eigenvalue weighted by atomic mass is 79.9. The summed E-state index contributed by atoms with van der Waals surface area (Å²) in [6, 6.07) is 1.73. The average Bonchev–Trinajstić information content (AvgIpc) is 2.84. The fourth-order valence-electron chi connectivity index (χ4n) is 2.23. The Balaban J connectivity index is 2.52. The van der Waals surface area contributed by atoms with Gasteiger partial charge in [-0.2, -0.15) is 0 Å². The molecular formula is C13H15BrN2O2S2. The van der Waals surface area contributed by atoms with Crippen LogP contribution in [0.25, 0.3) is 0 Å². The van der Waals surface area contributed by atoms with Crippen LogP contribution in [0.15, 0.2) is 27.2 Å². The maximum absolute atomic E-state index is 12.1. The topological polar surface area (TPSA) is 41.6 Å². The van der Waals surface area contributed by atoms with Gasteiger partial charge in [0.25, 0.3) is 0 Å². The normalized spacial score (nSPS) is 19.1. The zero-order valence-corrected chi connectivity index (χ0v) is 14.6. The number of rotatable bonds is 3. The summed E-state index contributed by atoms with van der Waals surface area (Å²) in [6.45, 7) is 4.60. The van der Waals surface area contributed by atoms with E-state index >= 15 is 0 Å². The van der Waals surface area contributed by atoms with Crippen LogP contribution in [0.3, 0.4) is 0 Å². The quantitative estimate of drug-likeness (QED) is 0.649. The Labute approximate surface area is 135 Å². The molecule has 2 heterocycles. The third kappa shape index (κ3) is 2.75. The SMILES string of the molecule is CCN1C(=S)N[C@H](c2cc(Br)cs2)C(C(=O)OC)=C1C. The molecule has 7 heteroatoms. The Morgan fingerprint density at radius 3 is 2.85 bits per heavy atom. The molecule has 1 aromatic rings. The second-order valence-corrected chi connectivity index (χ2v) is 6.53. The monoisotopic (exact) mass is 374 g/mol. The van der Waals surface area contributed by atoms with Crippen LogP contribution in [-0.2, 0) is 9.53 Å². The molecule has 0 unspecified atom stereocenters. The molecule has 1 aliphatic heterocycles. The van der Waals surface area contributed by atoms with E-state index in [0.29, 0.717) is 17.2 Å². The fourth-order valence-corrected chi connectivity index (χ4v) is 4.12. The van der Waals surface area contributed by atoms with Gasteiger partial charge in [-0.3, -0.25) is 0 Å². The van der Waals surface area contributed by atoms with Crippen molar-refractivity contribution < 1.29 is 9.53 Å². The molecule has 0 fully saturated rings. The Bertz CT molecular complexity index is 583. The molecule has 2 rings (SSSR count). The molecule has 1 N–H and O–H groups in total. The summed E-state index contributed by atoms with van der Waals surface area (Å²) in [7, 11) is 1.40. The van der Waals surface area contributed by atoms with Gasteiger partial charge in [0.15, 0.2) is 5.11 Å². The second-order valence-electron chi connectivity index (χ2n) is 4.28. The van der Waals surface area contributed by atoms with Crippen molar-refractivity contribution in [1.29, 1.82) is 0 Å². The zero-order chi connectivity index (χ0) is 14.9. The maximum Gasteiger partial charge on any atom is 0.338 e. The molecule has 1 aliphatic rings. The summed E-state index contributed by atoms with van der Waals surface area (Å²) in [5, 5.41) is 5.85. The lowest BCUT2D eigenvalue weighted by atomic mass is 10.0. The molecule has 0 saturated carbocycles. The van der Waals surface area contributed by atoms with Crippen molar-refractivity contribution >= 4 is 50.6 Å². The van der Waals surface area contributed by atoms with Crippen molar-refractivity contribution in [3.63, 3.8) is 0 Å². The number of thiocarbonyl (C=S) groups is 1. The number of nitrogens with one attached hydrogen (secondary N) is 1. The van der Waals surface area contributed by atoms with Crippen molar-refractivity contribution in [3.8, 4) is 0 Å². The molecule has 0 saturated heterocycles. The van der Waals surface area contributed by atoms with Crippen LogP contribution in [0.5, 0.6) is 0 Å². The molecule has 108 valence electrons. The summed E-state index contributed by atoms with van der Waals surface area (Å²) >= 11 is 10.4. The number of nitrogens with zero attached hydrogens (tertiary/aromatic N) is 1. The highest BCUT2D eigenvalue weighted by molar-refractivity contribution is 9.10. The molecule has 0 radical (unpaired) electrons. The lowest BCUT2D eigenvalue weighted by Crippen LogP contribution is -2.47. The highest BCUT2D eigenvalue weighted by Gasteiger charge is 2.34. The summed E-state index contributed by atoms with van der Waals surface area (Å²) < 4.78 is 5.92. The predicted molar refractivity (Wildman–Crippen MR) is 87.6 cm³/mol. The van der Waals surface area contributed by atoms with Crippen LogP contribution >= 0.6 is 39.5 Å². The van der Waals surface area contributed by atoms with Crippen LogP contribution in [0, 0.1) is 0 Å². The number of esters is 1. The van der Waals surface area contributed by atoms with Gasteiger partial charge in [0, 0.05) is 27.0 Å². The van der Waals surface area contributed by atoms with Gasteiger partial charge in [-0.25, -0.2) is 4.79 Å². The predicted octanol–water partition coefficient (Wildman–Crippen LogP) is 3.21. The van der Waals surface area contributed by atoms with Crippen molar-refractivity contribution in [3.05, 3.63) is 32.1 Å². The average molecular weight is 375 g/mol. The molecule has 0 bridgehead atoms. The molecule has 1 atom stereocenters. The van der Waals surface area contributed by atoms with Gasteiger partial charge in [-0.15, -0.1) is 11.3 Å². The second kappa shape index (κ2) is 6.24. The van der Waals surface area contributed by atoms with Gasteiger partial charge in [-0.05, 0) is 48.1 Å². The van der Waals surface area contributed by atoms with Crippen LogP contribution in [-0.4, -0.2) is 29.6 Å². The van der Waals surface area contributed by atoms with Crippen LogP contribution in [0.2, 0.25) is 0 Å². The number of ether oxygens (including phenoxy) is 1. The summed E-state index contributed by atoms with van der Waals surface area (Å²) in [5.74, 6) is -0.328. The van der Waals surface area contributed by atoms with Crippen LogP contribution < -0.4 is 5.32 Å². The van der Waals surface area contributed by atoms with Crippen molar-refractivity contribution in [1.82, 2.24) is 10.2 Å². The fraction of sp³-hybridized carbons (Fsp3) is 0.385. The molecule has 0 aromatic carbocycles. The van der Waals surface area contributed by atoms with Gasteiger partial charge >= 0.3 is 5.97 Å². The Kier molecular flexibility index (Phi) is 4.82. The minimum absolute atomic E-state index is 0.256. The van der Waals surface area contributed by atoms with Crippen molar-refractivity contribution in [2.75, 3.05) is 13.7 Å². The zero-order valence-electron chi connectivity index (χ0n) is 11.4. The van der Waals surface area contributed by atoms with Gasteiger partial charge in [0.1, 0.15) is 0 Å². The summed E-state index contributed by atoms with van der Waals surface area (Å²) in [6.07, 6.45) is 0. The minimum atomic E-state index is -0.328. The van der Waals surface area contributed by atoms with E-state index in [1.807, 2.05) is 30.2 Å². The summed E-state index contributed by atoms with van der Waals surface area (Å²) in [4.78, 5) is 15.1. The standard InChI is InChI=1S/C13H15BrN2O2S2/c1-4-16-7(2)10(12(17)18-3)11(15-13(16)19)9-5-8(14)6-20-9/h5-6,11H,4H2,1-3H3,(H,15,19)/t11-/m1/s1. The first-order valence-corrected chi connectivity index (χ1v) is 8.18. The van der Waals surface area contributed by atoms with Gasteiger partial charge in [0.05, 0.1) is 18.7 Å². The van der Waals surface area contributed by atoms with Crippen molar-refractivity contribution in [2.45, 2.75) is 19.9 Å². The van der Waals surface area contributed by atoms with Gasteiger partial charge in [0.2, 0.25) is 0 Å². The molecule has 0 spiro atoms. The van der Waals surface area contributed by atoms with E-state index in [2.05, 4.69) is 21.2 Å². The number of methoxy groups -OCH3 is 1. The van der Waals surface area contributed by atoms with E-state index in [9.17, 15) is 4.79 Å². The number of allylic oxidation sites excluding steroid dienone is 1. The molecular weight excluding hydrogens is 360 g/mol. The number of carbonyl (C=O) groups is 1. The third-order valence-corrected chi connectivity index (χ3v) is 5.29. The number of hydrogen-bond donors (Lipinski definition) is 1. The molecule has 4 nitrogen and oxygen atoms in total. The molecule has 20 heavy (non-hydrogen) atoms. The molecule has 0 amide bonds. The minimum Gasteiger partial charge on any atom is -0.466 e. The van der Waals surface area contributed by atoms with E-state index in [-0.39, 0.29) is 12.0 Å². The Hall–Kier alpha value is -0.920. The smallest absolute Gasteiger partial charge is 0.338 e. The first-order chi connectivity index (χ1) is 9.49. The van der Waals surface area contributed by atoms with Crippen molar-refractivity contribution in [2.24, 2.45) is 0 Å². The Morgan fingerprint density at radius 1 is 1.65 bits per heavy atom. The van der Waals surface area contributed by atoms with E-state index in [0.717, 1.165) is 15.0 Å². The number of carbonyl (C=O) groups excluding carboxylic acids is 1. The maximum atomic E-state index is 12.1. The van der Waals surface area contributed by atoms with E-state index in [1.54, 1.807) is 11.3 Å². The summed E-state index contributed by atoms with van der Waals surface area (Å²) in [5.41, 5.74) is 1.45. The molecule has 0 aliphatic carbocycles. The lowest BCUT2D eigenvalue weighted by Gasteiger charge is -2.36. The number of thiophene rings is 1. The van der Waals surface area contributed by atoms with E-state index in [1.165, 1.54) is 7.11 Å². The van der Waals surface area contributed by atoms with Gasteiger partial charge in [-0.1, -0.05) is 0 Å². The van der Waals surface area contributed by atoms with E-state index in [4.69, 9.17) is 17.0 Å². The highest BCUT2D eigenvalue weighted by Crippen LogP contribution is 2.35. The largest absolute Gasteiger partial charge is 0.466 e. The third-order valence-electron chi connectivity index (χ3n) is 3.19. The first kappa shape index (κ1) is 15.5. The number of hydrogen-bond acceptors (Lipinski definition) is 4.